The molecule has 0 spiro atoms. The van der Waals surface area contributed by atoms with Crippen LogP contribution >= 0.6 is 0 Å². The van der Waals surface area contributed by atoms with E-state index in [4.69, 9.17) is 4.74 Å². The van der Waals surface area contributed by atoms with Gasteiger partial charge in [-0.1, -0.05) is 12.1 Å². The van der Waals surface area contributed by atoms with Crippen molar-refractivity contribution in [3.8, 4) is 5.75 Å². The van der Waals surface area contributed by atoms with Gasteiger partial charge in [0.2, 0.25) is 5.91 Å². The monoisotopic (exact) mass is 328 g/mol. The summed E-state index contributed by atoms with van der Waals surface area (Å²) >= 11 is 0. The third-order valence-corrected chi connectivity index (χ3v) is 4.06. The summed E-state index contributed by atoms with van der Waals surface area (Å²) in [5, 5.41) is 0. The van der Waals surface area contributed by atoms with Gasteiger partial charge < -0.3 is 19.1 Å². The molecule has 0 atom stereocenters. The third kappa shape index (κ3) is 3.40. The van der Waals surface area contributed by atoms with E-state index >= 15 is 0 Å². The van der Waals surface area contributed by atoms with Crippen LogP contribution in [-0.4, -0.2) is 57.9 Å². The second-order valence-electron chi connectivity index (χ2n) is 5.81. The normalized spacial score (nSPS) is 14.8. The van der Waals surface area contributed by atoms with Crippen molar-refractivity contribution in [3.05, 3.63) is 48.0 Å². The molecule has 2 heterocycles. The van der Waals surface area contributed by atoms with E-state index in [0.29, 0.717) is 25.3 Å². The molecule has 1 saturated heterocycles. The minimum absolute atomic E-state index is 0.0543. The zero-order valence-electron chi connectivity index (χ0n) is 13.8. The largest absolute Gasteiger partial charge is 0.497 e. The van der Waals surface area contributed by atoms with Crippen molar-refractivity contribution < 1.29 is 14.3 Å². The first-order valence-electron chi connectivity index (χ1n) is 7.75. The SMILES string of the molecule is COc1ccc(CN2CCN(C(=O)c3cn(C)cn3)CC2=O)cc1. The summed E-state index contributed by atoms with van der Waals surface area (Å²) in [7, 11) is 3.43. The van der Waals surface area contributed by atoms with Crippen LogP contribution in [0.4, 0.5) is 0 Å². The van der Waals surface area contributed by atoms with Crippen molar-refractivity contribution in [2.75, 3.05) is 26.7 Å². The molecule has 0 aliphatic carbocycles. The zero-order valence-corrected chi connectivity index (χ0v) is 13.8. The molecule has 0 radical (unpaired) electrons. The van der Waals surface area contributed by atoms with Crippen LogP contribution in [0.5, 0.6) is 5.75 Å². The number of carbonyl (C=O) groups excluding carboxylic acids is 2. The van der Waals surface area contributed by atoms with Crippen LogP contribution in [0, 0.1) is 0 Å². The number of imidazole rings is 1. The lowest BCUT2D eigenvalue weighted by atomic mass is 10.2. The number of methoxy groups -OCH3 is 1. The predicted molar refractivity (Wildman–Crippen MR) is 87.5 cm³/mol. The number of aromatic nitrogens is 2. The number of amides is 2. The van der Waals surface area contributed by atoms with Crippen molar-refractivity contribution in [3.63, 3.8) is 0 Å². The fourth-order valence-corrected chi connectivity index (χ4v) is 2.69. The second kappa shape index (κ2) is 6.74. The van der Waals surface area contributed by atoms with Gasteiger partial charge in [-0.2, -0.15) is 0 Å². The van der Waals surface area contributed by atoms with Gasteiger partial charge in [-0.3, -0.25) is 9.59 Å². The van der Waals surface area contributed by atoms with E-state index in [0.717, 1.165) is 11.3 Å². The van der Waals surface area contributed by atoms with Gasteiger partial charge in [0.1, 0.15) is 18.0 Å². The van der Waals surface area contributed by atoms with Crippen LogP contribution in [0.2, 0.25) is 0 Å². The molecule has 1 aliphatic heterocycles. The summed E-state index contributed by atoms with van der Waals surface area (Å²) in [6.07, 6.45) is 3.24. The maximum absolute atomic E-state index is 12.4. The van der Waals surface area contributed by atoms with Crippen molar-refractivity contribution in [1.82, 2.24) is 19.4 Å². The van der Waals surface area contributed by atoms with E-state index in [-0.39, 0.29) is 18.4 Å². The van der Waals surface area contributed by atoms with Crippen LogP contribution in [0.25, 0.3) is 0 Å². The summed E-state index contributed by atoms with van der Waals surface area (Å²) in [5.41, 5.74) is 1.41. The fourth-order valence-electron chi connectivity index (χ4n) is 2.69. The first-order valence-corrected chi connectivity index (χ1v) is 7.75. The Hall–Kier alpha value is -2.83. The molecule has 2 amide bonds. The molecular formula is C17H20N4O3. The Labute approximate surface area is 140 Å². The summed E-state index contributed by atoms with van der Waals surface area (Å²) in [5.74, 6) is 0.533. The van der Waals surface area contributed by atoms with Crippen LogP contribution in [0.1, 0.15) is 16.1 Å². The van der Waals surface area contributed by atoms with E-state index < -0.39 is 0 Å². The smallest absolute Gasteiger partial charge is 0.274 e. The standard InChI is InChI=1S/C17H20N4O3/c1-19-10-15(18-12-19)17(23)21-8-7-20(16(22)11-21)9-13-3-5-14(24-2)6-4-13/h3-6,10,12H,7-9,11H2,1-2H3. The molecule has 1 aliphatic rings. The van der Waals surface area contributed by atoms with E-state index in [1.54, 1.807) is 34.0 Å². The fraction of sp³-hybridized carbons (Fsp3) is 0.353. The highest BCUT2D eigenvalue weighted by Gasteiger charge is 2.28. The van der Waals surface area contributed by atoms with Gasteiger partial charge in [0.25, 0.3) is 5.91 Å². The van der Waals surface area contributed by atoms with Crippen molar-refractivity contribution in [2.24, 2.45) is 7.05 Å². The maximum atomic E-state index is 12.4. The quantitative estimate of drug-likeness (QED) is 0.837. The Morgan fingerprint density at radius 1 is 1.25 bits per heavy atom. The van der Waals surface area contributed by atoms with Crippen LogP contribution in [0.3, 0.4) is 0 Å². The second-order valence-corrected chi connectivity index (χ2v) is 5.81. The average Bonchev–Trinajstić information content (AvgIpc) is 3.03. The van der Waals surface area contributed by atoms with Crippen LogP contribution < -0.4 is 4.74 Å². The minimum atomic E-state index is -0.201. The van der Waals surface area contributed by atoms with E-state index in [1.165, 1.54) is 0 Å². The molecule has 0 bridgehead atoms. The lowest BCUT2D eigenvalue weighted by Gasteiger charge is -2.34. The third-order valence-electron chi connectivity index (χ3n) is 4.06. The summed E-state index contributed by atoms with van der Waals surface area (Å²) in [6.45, 7) is 1.65. The number of rotatable bonds is 4. The lowest BCUT2D eigenvalue weighted by Crippen LogP contribution is -2.51. The van der Waals surface area contributed by atoms with Gasteiger partial charge in [-0.15, -0.1) is 0 Å². The molecule has 0 saturated carbocycles. The molecule has 7 nitrogen and oxygen atoms in total. The zero-order chi connectivity index (χ0) is 17.1. The summed E-state index contributed by atoms with van der Waals surface area (Å²) in [6, 6.07) is 7.64. The number of hydrogen-bond donors (Lipinski definition) is 0. The number of aryl methyl sites for hydroxylation is 1. The highest BCUT2D eigenvalue weighted by molar-refractivity contribution is 5.95. The predicted octanol–water partition coefficient (Wildman–Crippen LogP) is 0.913. The Balaban J connectivity index is 1.60. The Morgan fingerprint density at radius 2 is 2.00 bits per heavy atom. The topological polar surface area (TPSA) is 67.7 Å². The Morgan fingerprint density at radius 3 is 2.58 bits per heavy atom. The van der Waals surface area contributed by atoms with Gasteiger partial charge in [0.15, 0.2) is 0 Å². The molecule has 3 rings (SSSR count). The van der Waals surface area contributed by atoms with Crippen molar-refractivity contribution in [1.29, 1.82) is 0 Å². The molecule has 126 valence electrons. The molecule has 24 heavy (non-hydrogen) atoms. The van der Waals surface area contributed by atoms with Gasteiger partial charge >= 0.3 is 0 Å². The number of nitrogens with zero attached hydrogens (tertiary/aromatic N) is 4. The van der Waals surface area contributed by atoms with Crippen molar-refractivity contribution in [2.45, 2.75) is 6.54 Å². The number of benzene rings is 1. The molecule has 7 heteroatoms. The Bertz CT molecular complexity index is 739. The van der Waals surface area contributed by atoms with E-state index in [2.05, 4.69) is 4.98 Å². The van der Waals surface area contributed by atoms with Crippen molar-refractivity contribution >= 4 is 11.8 Å². The lowest BCUT2D eigenvalue weighted by molar-refractivity contribution is -0.135. The minimum Gasteiger partial charge on any atom is -0.497 e. The highest BCUT2D eigenvalue weighted by Crippen LogP contribution is 2.15. The number of ether oxygens (including phenoxy) is 1. The van der Waals surface area contributed by atoms with E-state index in [9.17, 15) is 9.59 Å². The number of piperazine rings is 1. The molecule has 0 N–H and O–H groups in total. The average molecular weight is 328 g/mol. The van der Waals surface area contributed by atoms with Gasteiger partial charge in [0, 0.05) is 32.9 Å². The van der Waals surface area contributed by atoms with Gasteiger partial charge in [0.05, 0.1) is 13.4 Å². The highest BCUT2D eigenvalue weighted by atomic mass is 16.5. The molecule has 1 aromatic carbocycles. The molecule has 1 fully saturated rings. The number of carbonyl (C=O) groups is 2. The van der Waals surface area contributed by atoms with Crippen LogP contribution in [0.15, 0.2) is 36.8 Å². The van der Waals surface area contributed by atoms with Crippen LogP contribution in [-0.2, 0) is 18.4 Å². The Kier molecular flexibility index (Phi) is 4.50. The first-order chi connectivity index (χ1) is 11.6. The molecule has 1 aromatic heterocycles. The summed E-state index contributed by atoms with van der Waals surface area (Å²) < 4.78 is 6.85. The van der Waals surface area contributed by atoms with E-state index in [1.807, 2.05) is 31.3 Å². The van der Waals surface area contributed by atoms with Gasteiger partial charge in [-0.05, 0) is 17.7 Å². The molecular weight excluding hydrogens is 308 g/mol. The maximum Gasteiger partial charge on any atom is 0.274 e. The molecule has 2 aromatic rings. The molecule has 0 unspecified atom stereocenters. The van der Waals surface area contributed by atoms with Gasteiger partial charge in [-0.25, -0.2) is 4.98 Å². The number of hydrogen-bond acceptors (Lipinski definition) is 4. The summed E-state index contributed by atoms with van der Waals surface area (Å²) in [4.78, 5) is 32.1. The first kappa shape index (κ1) is 16.0.